The van der Waals surface area contributed by atoms with E-state index in [1.54, 1.807) is 26.4 Å². The van der Waals surface area contributed by atoms with Gasteiger partial charge in [0, 0.05) is 19.2 Å². The number of rotatable bonds is 4. The molecule has 1 heterocycles. The monoisotopic (exact) mass is 271 g/mol. The van der Waals surface area contributed by atoms with Gasteiger partial charge in [-0.15, -0.1) is 0 Å². The van der Waals surface area contributed by atoms with Crippen molar-refractivity contribution in [1.82, 2.24) is 0 Å². The van der Waals surface area contributed by atoms with E-state index >= 15 is 0 Å². The summed E-state index contributed by atoms with van der Waals surface area (Å²) < 4.78 is 10.5. The highest BCUT2D eigenvalue weighted by molar-refractivity contribution is 6.31. The third-order valence-corrected chi connectivity index (χ3v) is 3.37. The van der Waals surface area contributed by atoms with E-state index in [0.29, 0.717) is 23.8 Å². The van der Waals surface area contributed by atoms with Crippen molar-refractivity contribution in [2.24, 2.45) is 0 Å². The van der Waals surface area contributed by atoms with Gasteiger partial charge in [-0.2, -0.15) is 0 Å². The molecule has 1 saturated heterocycles. The van der Waals surface area contributed by atoms with E-state index in [2.05, 4.69) is 0 Å². The Balaban J connectivity index is 2.25. The van der Waals surface area contributed by atoms with Crippen LogP contribution in [0.15, 0.2) is 18.2 Å². The lowest BCUT2D eigenvalue weighted by Crippen LogP contribution is -2.64. The van der Waals surface area contributed by atoms with Gasteiger partial charge < -0.3 is 19.5 Å². The Kier molecular flexibility index (Phi) is 3.47. The number of carboxylic acid groups (broad SMARTS) is 1. The maximum Gasteiger partial charge on any atom is 0.337 e. The largest absolute Gasteiger partial charge is 0.478 e. The number of hydrogen-bond donors (Lipinski definition) is 1. The van der Waals surface area contributed by atoms with Crippen LogP contribution in [0.3, 0.4) is 0 Å². The summed E-state index contributed by atoms with van der Waals surface area (Å²) in [6.45, 7) is 0.946. The van der Waals surface area contributed by atoms with Crippen molar-refractivity contribution in [2.75, 3.05) is 32.2 Å². The van der Waals surface area contributed by atoms with Gasteiger partial charge in [0.15, 0.2) is 0 Å². The molecule has 1 aliphatic heterocycles. The van der Waals surface area contributed by atoms with Crippen molar-refractivity contribution in [2.45, 2.75) is 5.79 Å². The van der Waals surface area contributed by atoms with Crippen LogP contribution in [0.5, 0.6) is 0 Å². The first-order chi connectivity index (χ1) is 8.51. The van der Waals surface area contributed by atoms with Crippen LogP contribution in [0.1, 0.15) is 10.4 Å². The van der Waals surface area contributed by atoms with Crippen molar-refractivity contribution in [3.8, 4) is 0 Å². The number of halogens is 1. The van der Waals surface area contributed by atoms with Crippen LogP contribution in [-0.2, 0) is 9.47 Å². The highest BCUT2D eigenvalue weighted by Gasteiger charge is 2.44. The molecule has 1 aromatic rings. The summed E-state index contributed by atoms with van der Waals surface area (Å²) in [6, 6.07) is 4.70. The maximum absolute atomic E-state index is 11.1. The third-order valence-electron chi connectivity index (χ3n) is 3.14. The second kappa shape index (κ2) is 4.76. The van der Waals surface area contributed by atoms with E-state index < -0.39 is 11.8 Å². The molecule has 98 valence electrons. The number of carbonyl (C=O) groups is 1. The SMILES string of the molecule is COC1(OC)CN(c2cc(Cl)ccc2C(=O)O)C1. The van der Waals surface area contributed by atoms with Crippen LogP contribution < -0.4 is 4.90 Å². The first-order valence-electron chi connectivity index (χ1n) is 5.39. The minimum atomic E-state index is -0.978. The van der Waals surface area contributed by atoms with Crippen molar-refractivity contribution in [3.63, 3.8) is 0 Å². The zero-order valence-electron chi connectivity index (χ0n) is 10.1. The predicted octanol–water partition coefficient (Wildman–Crippen LogP) is 1.85. The topological polar surface area (TPSA) is 59.0 Å². The predicted molar refractivity (Wildman–Crippen MR) is 67.4 cm³/mol. The Labute approximate surface area is 110 Å². The number of nitrogens with zero attached hydrogens (tertiary/aromatic N) is 1. The molecule has 1 aromatic carbocycles. The first-order valence-corrected chi connectivity index (χ1v) is 5.77. The van der Waals surface area contributed by atoms with E-state index in [0.717, 1.165) is 0 Å². The Bertz CT molecular complexity index is 465. The Hall–Kier alpha value is -1.30. The average Bonchev–Trinajstić information content (AvgIpc) is 2.28. The van der Waals surface area contributed by atoms with Gasteiger partial charge in [-0.1, -0.05) is 11.6 Å². The second-order valence-electron chi connectivity index (χ2n) is 4.14. The minimum Gasteiger partial charge on any atom is -0.478 e. The standard InChI is InChI=1S/C12H14ClNO4/c1-17-12(18-2)6-14(7-12)10-5-8(13)3-4-9(10)11(15)16/h3-5H,6-7H2,1-2H3,(H,15,16). The summed E-state index contributed by atoms with van der Waals surface area (Å²) in [5.74, 6) is -1.63. The molecule has 5 nitrogen and oxygen atoms in total. The molecule has 0 saturated carbocycles. The van der Waals surface area contributed by atoms with Gasteiger partial charge in [-0.05, 0) is 18.2 Å². The fourth-order valence-corrected chi connectivity index (χ4v) is 2.16. The molecular weight excluding hydrogens is 258 g/mol. The summed E-state index contributed by atoms with van der Waals surface area (Å²) >= 11 is 5.90. The van der Waals surface area contributed by atoms with Crippen molar-refractivity contribution in [3.05, 3.63) is 28.8 Å². The molecule has 0 bridgehead atoms. The highest BCUT2D eigenvalue weighted by atomic mass is 35.5. The number of anilines is 1. The van der Waals surface area contributed by atoms with Gasteiger partial charge in [0.25, 0.3) is 0 Å². The number of ether oxygens (including phenoxy) is 2. The lowest BCUT2D eigenvalue weighted by Gasteiger charge is -2.49. The number of hydrogen-bond acceptors (Lipinski definition) is 4. The van der Waals surface area contributed by atoms with Gasteiger partial charge in [-0.3, -0.25) is 0 Å². The highest BCUT2D eigenvalue weighted by Crippen LogP contribution is 2.34. The molecule has 0 unspecified atom stereocenters. The number of benzene rings is 1. The summed E-state index contributed by atoms with van der Waals surface area (Å²) in [4.78, 5) is 13.0. The summed E-state index contributed by atoms with van der Waals surface area (Å²) in [5, 5.41) is 9.64. The van der Waals surface area contributed by atoms with E-state index in [-0.39, 0.29) is 5.56 Å². The molecule has 1 aliphatic rings. The van der Waals surface area contributed by atoms with Gasteiger partial charge in [0.05, 0.1) is 24.3 Å². The van der Waals surface area contributed by atoms with E-state index in [1.165, 1.54) is 6.07 Å². The van der Waals surface area contributed by atoms with Gasteiger partial charge >= 0.3 is 5.97 Å². The smallest absolute Gasteiger partial charge is 0.337 e. The molecule has 1 N–H and O–H groups in total. The lowest BCUT2D eigenvalue weighted by atomic mass is 10.0. The van der Waals surface area contributed by atoms with Crippen LogP contribution in [0, 0.1) is 0 Å². The summed E-state index contributed by atoms with van der Waals surface area (Å²) in [7, 11) is 3.13. The van der Waals surface area contributed by atoms with Crippen molar-refractivity contribution < 1.29 is 19.4 Å². The zero-order chi connectivity index (χ0) is 13.3. The summed E-state index contributed by atoms with van der Waals surface area (Å²) in [6.07, 6.45) is 0. The molecule has 6 heteroatoms. The van der Waals surface area contributed by atoms with Crippen LogP contribution >= 0.6 is 11.6 Å². The minimum absolute atomic E-state index is 0.222. The van der Waals surface area contributed by atoms with Crippen LogP contribution in [-0.4, -0.2) is 44.2 Å². The molecule has 0 spiro atoms. The lowest BCUT2D eigenvalue weighted by molar-refractivity contribution is -0.219. The van der Waals surface area contributed by atoms with Crippen LogP contribution in [0.4, 0.5) is 5.69 Å². The third kappa shape index (κ3) is 2.16. The molecule has 2 rings (SSSR count). The average molecular weight is 272 g/mol. The molecule has 0 atom stereocenters. The van der Waals surface area contributed by atoms with E-state index in [9.17, 15) is 4.79 Å². The Morgan fingerprint density at radius 1 is 1.39 bits per heavy atom. The van der Waals surface area contributed by atoms with Gasteiger partial charge in [0.2, 0.25) is 5.79 Å². The van der Waals surface area contributed by atoms with Gasteiger partial charge in [0.1, 0.15) is 0 Å². The van der Waals surface area contributed by atoms with Crippen molar-refractivity contribution in [1.29, 1.82) is 0 Å². The Morgan fingerprint density at radius 2 is 2.00 bits per heavy atom. The second-order valence-corrected chi connectivity index (χ2v) is 4.58. The fourth-order valence-electron chi connectivity index (χ4n) is 1.99. The van der Waals surface area contributed by atoms with Gasteiger partial charge in [-0.25, -0.2) is 4.79 Å². The van der Waals surface area contributed by atoms with Crippen molar-refractivity contribution >= 4 is 23.3 Å². The quantitative estimate of drug-likeness (QED) is 0.847. The number of aromatic carboxylic acids is 1. The molecule has 18 heavy (non-hydrogen) atoms. The molecule has 0 amide bonds. The number of methoxy groups -OCH3 is 2. The molecule has 1 fully saturated rings. The Morgan fingerprint density at radius 3 is 2.50 bits per heavy atom. The summed E-state index contributed by atoms with van der Waals surface area (Å²) in [5.41, 5.74) is 0.805. The molecule has 0 aromatic heterocycles. The zero-order valence-corrected chi connectivity index (χ0v) is 10.9. The van der Waals surface area contributed by atoms with Crippen LogP contribution in [0.25, 0.3) is 0 Å². The van der Waals surface area contributed by atoms with Crippen LogP contribution in [0.2, 0.25) is 5.02 Å². The molecular formula is C12H14ClNO4. The normalized spacial score (nSPS) is 17.4. The maximum atomic E-state index is 11.1. The van der Waals surface area contributed by atoms with E-state index in [4.69, 9.17) is 26.2 Å². The first kappa shape index (κ1) is 13.1. The molecule has 0 radical (unpaired) electrons. The van der Waals surface area contributed by atoms with E-state index in [1.807, 2.05) is 4.90 Å². The fraction of sp³-hybridized carbons (Fsp3) is 0.417. The number of carboxylic acids is 1. The molecule has 0 aliphatic carbocycles.